The summed E-state index contributed by atoms with van der Waals surface area (Å²) >= 11 is 0. The van der Waals surface area contributed by atoms with Gasteiger partial charge in [-0.2, -0.15) is 0 Å². The molecule has 2 rings (SSSR count). The Bertz CT molecular complexity index is 1100. The zero-order valence-corrected chi connectivity index (χ0v) is 21.4. The van der Waals surface area contributed by atoms with Crippen molar-refractivity contribution in [2.24, 2.45) is 0 Å². The number of hydrogen-bond acceptors (Lipinski definition) is 4. The molecule has 0 aromatic heterocycles. The minimum Gasteiger partial charge on any atom is -0.352 e. The van der Waals surface area contributed by atoms with E-state index in [-0.39, 0.29) is 18.5 Å². The summed E-state index contributed by atoms with van der Waals surface area (Å²) in [6, 6.07) is 12.2. The predicted molar refractivity (Wildman–Crippen MR) is 133 cm³/mol. The summed E-state index contributed by atoms with van der Waals surface area (Å²) in [5.41, 5.74) is 4.14. The summed E-state index contributed by atoms with van der Waals surface area (Å²) in [7, 11) is -3.74. The molecule has 2 amide bonds. The molecule has 1 N–H and O–H groups in total. The molecule has 0 aliphatic rings. The van der Waals surface area contributed by atoms with Crippen molar-refractivity contribution < 1.29 is 18.0 Å². The summed E-state index contributed by atoms with van der Waals surface area (Å²) < 4.78 is 26.4. The van der Waals surface area contributed by atoms with Crippen LogP contribution in [-0.2, 0) is 26.2 Å². The molecule has 2 aromatic carbocycles. The molecular formula is C25H35N3O4S. The van der Waals surface area contributed by atoms with Gasteiger partial charge in [0.1, 0.15) is 12.6 Å². The number of benzene rings is 2. The van der Waals surface area contributed by atoms with Gasteiger partial charge in [0.2, 0.25) is 21.8 Å². The summed E-state index contributed by atoms with van der Waals surface area (Å²) in [5.74, 6) is -0.740. The SMILES string of the molecule is Cc1ccc(CN(C(=O)CN(c2ccc(C)cc2C)S(C)(=O)=O)C(C)C(=O)NC(C)C)cc1. The maximum absolute atomic E-state index is 13.5. The van der Waals surface area contributed by atoms with Crippen LogP contribution in [-0.4, -0.2) is 50.0 Å². The fraction of sp³-hybridized carbons (Fsp3) is 0.440. The molecule has 0 radical (unpaired) electrons. The molecule has 33 heavy (non-hydrogen) atoms. The smallest absolute Gasteiger partial charge is 0.244 e. The lowest BCUT2D eigenvalue weighted by Gasteiger charge is -2.32. The highest BCUT2D eigenvalue weighted by molar-refractivity contribution is 7.92. The number of sulfonamides is 1. The van der Waals surface area contributed by atoms with E-state index in [1.54, 1.807) is 13.0 Å². The van der Waals surface area contributed by atoms with E-state index in [2.05, 4.69) is 5.32 Å². The van der Waals surface area contributed by atoms with E-state index in [0.717, 1.165) is 32.8 Å². The first-order chi connectivity index (χ1) is 15.3. The third-order valence-corrected chi connectivity index (χ3v) is 6.50. The molecule has 1 atom stereocenters. The third-order valence-electron chi connectivity index (χ3n) is 5.37. The first-order valence-corrected chi connectivity index (χ1v) is 12.8. The normalized spacial score (nSPS) is 12.4. The van der Waals surface area contributed by atoms with Crippen molar-refractivity contribution in [3.63, 3.8) is 0 Å². The molecule has 0 saturated heterocycles. The van der Waals surface area contributed by atoms with Crippen molar-refractivity contribution >= 4 is 27.5 Å². The first-order valence-electron chi connectivity index (χ1n) is 11.0. The second-order valence-corrected chi connectivity index (χ2v) is 10.8. The number of amides is 2. The molecule has 8 heteroatoms. The zero-order chi connectivity index (χ0) is 24.9. The Morgan fingerprint density at radius 1 is 0.939 bits per heavy atom. The molecule has 2 aromatic rings. The van der Waals surface area contributed by atoms with Crippen LogP contribution in [0.2, 0.25) is 0 Å². The largest absolute Gasteiger partial charge is 0.352 e. The second-order valence-electron chi connectivity index (χ2n) is 8.91. The quantitative estimate of drug-likeness (QED) is 0.605. The maximum Gasteiger partial charge on any atom is 0.244 e. The monoisotopic (exact) mass is 473 g/mol. The molecule has 0 aliphatic heterocycles. The molecule has 0 bridgehead atoms. The lowest BCUT2D eigenvalue weighted by Crippen LogP contribution is -2.52. The van der Waals surface area contributed by atoms with E-state index in [1.165, 1.54) is 4.90 Å². The maximum atomic E-state index is 13.5. The zero-order valence-electron chi connectivity index (χ0n) is 20.5. The van der Waals surface area contributed by atoms with E-state index < -0.39 is 28.5 Å². The van der Waals surface area contributed by atoms with Gasteiger partial charge in [0.25, 0.3) is 0 Å². The number of hydrogen-bond donors (Lipinski definition) is 1. The van der Waals surface area contributed by atoms with Crippen molar-refractivity contribution in [1.29, 1.82) is 0 Å². The fourth-order valence-corrected chi connectivity index (χ4v) is 4.47. The van der Waals surface area contributed by atoms with Gasteiger partial charge >= 0.3 is 0 Å². The Morgan fingerprint density at radius 2 is 1.52 bits per heavy atom. The van der Waals surface area contributed by atoms with E-state index >= 15 is 0 Å². The van der Waals surface area contributed by atoms with Gasteiger partial charge in [0.05, 0.1) is 11.9 Å². The summed E-state index contributed by atoms with van der Waals surface area (Å²) in [6.45, 7) is 10.9. The van der Waals surface area contributed by atoms with Crippen LogP contribution in [0, 0.1) is 20.8 Å². The van der Waals surface area contributed by atoms with Crippen LogP contribution in [0.1, 0.15) is 43.0 Å². The van der Waals surface area contributed by atoms with E-state index in [1.807, 2.05) is 71.0 Å². The minimum absolute atomic E-state index is 0.0843. The Labute approximate surface area is 197 Å². The number of carbonyl (C=O) groups is 2. The number of nitrogens with zero attached hydrogens (tertiary/aromatic N) is 2. The highest BCUT2D eigenvalue weighted by Gasteiger charge is 2.30. The van der Waals surface area contributed by atoms with Crippen molar-refractivity contribution in [2.45, 2.75) is 60.2 Å². The number of carbonyl (C=O) groups excluding carboxylic acids is 2. The molecule has 0 fully saturated rings. The molecule has 0 saturated carbocycles. The van der Waals surface area contributed by atoms with Gasteiger partial charge in [-0.25, -0.2) is 8.42 Å². The van der Waals surface area contributed by atoms with E-state index in [9.17, 15) is 18.0 Å². The average molecular weight is 474 g/mol. The van der Waals surface area contributed by atoms with Gasteiger partial charge in [-0.15, -0.1) is 0 Å². The molecular weight excluding hydrogens is 438 g/mol. The van der Waals surface area contributed by atoms with Gasteiger partial charge in [-0.3, -0.25) is 13.9 Å². The van der Waals surface area contributed by atoms with Gasteiger partial charge in [-0.05, 0) is 58.7 Å². The molecule has 0 aliphatic carbocycles. The van der Waals surface area contributed by atoms with Crippen LogP contribution in [0.4, 0.5) is 5.69 Å². The van der Waals surface area contributed by atoms with Crippen LogP contribution in [0.25, 0.3) is 0 Å². The van der Waals surface area contributed by atoms with Crippen molar-refractivity contribution in [1.82, 2.24) is 10.2 Å². The van der Waals surface area contributed by atoms with Crippen LogP contribution < -0.4 is 9.62 Å². The molecule has 0 spiro atoms. The molecule has 7 nitrogen and oxygen atoms in total. The number of nitrogens with one attached hydrogen (secondary N) is 1. The van der Waals surface area contributed by atoms with Gasteiger partial charge in [0.15, 0.2) is 0 Å². The molecule has 1 unspecified atom stereocenters. The molecule has 180 valence electrons. The standard InChI is InChI=1S/C25H35N3O4S/c1-17(2)26-25(30)21(6)27(15-22-11-8-18(3)9-12-22)24(29)16-28(33(7,31)32)23-13-10-19(4)14-20(23)5/h8-14,17,21H,15-16H2,1-7H3,(H,26,30). The van der Waals surface area contributed by atoms with Gasteiger partial charge in [-0.1, -0.05) is 47.5 Å². The predicted octanol–water partition coefficient (Wildman–Crippen LogP) is 3.32. The lowest BCUT2D eigenvalue weighted by molar-refractivity contribution is -0.139. The van der Waals surface area contributed by atoms with Gasteiger partial charge < -0.3 is 10.2 Å². The average Bonchev–Trinajstić information content (AvgIpc) is 2.70. The van der Waals surface area contributed by atoms with Crippen molar-refractivity contribution in [2.75, 3.05) is 17.1 Å². The first kappa shape index (κ1) is 26.4. The van der Waals surface area contributed by atoms with Gasteiger partial charge in [0, 0.05) is 12.6 Å². The van der Waals surface area contributed by atoms with Crippen LogP contribution in [0.5, 0.6) is 0 Å². The number of anilines is 1. The van der Waals surface area contributed by atoms with E-state index in [0.29, 0.717) is 5.69 Å². The number of aryl methyl sites for hydroxylation is 3. The van der Waals surface area contributed by atoms with E-state index in [4.69, 9.17) is 0 Å². The Balaban J connectivity index is 2.41. The van der Waals surface area contributed by atoms with Crippen LogP contribution >= 0.6 is 0 Å². The lowest BCUT2D eigenvalue weighted by atomic mass is 10.1. The Hall–Kier alpha value is -2.87. The minimum atomic E-state index is -3.74. The van der Waals surface area contributed by atoms with Crippen LogP contribution in [0.3, 0.4) is 0 Å². The topological polar surface area (TPSA) is 86.8 Å². The van der Waals surface area contributed by atoms with Crippen molar-refractivity contribution in [3.05, 3.63) is 64.7 Å². The summed E-state index contributed by atoms with van der Waals surface area (Å²) in [6.07, 6.45) is 1.08. The Kier molecular flexibility index (Phi) is 8.66. The second kappa shape index (κ2) is 10.8. The van der Waals surface area contributed by atoms with Crippen molar-refractivity contribution in [3.8, 4) is 0 Å². The Morgan fingerprint density at radius 3 is 2.03 bits per heavy atom. The van der Waals surface area contributed by atoms with Crippen LogP contribution in [0.15, 0.2) is 42.5 Å². The summed E-state index contributed by atoms with van der Waals surface area (Å²) in [5, 5.41) is 2.84. The third kappa shape index (κ3) is 7.32. The highest BCUT2D eigenvalue weighted by atomic mass is 32.2. The fourth-order valence-electron chi connectivity index (χ4n) is 3.56. The summed E-state index contributed by atoms with van der Waals surface area (Å²) in [4.78, 5) is 27.7. The number of rotatable bonds is 9. The highest BCUT2D eigenvalue weighted by Crippen LogP contribution is 2.24. The molecule has 0 heterocycles.